The molecule has 5 nitrogen and oxygen atoms in total. The lowest BCUT2D eigenvalue weighted by Crippen LogP contribution is -2.05. The summed E-state index contributed by atoms with van der Waals surface area (Å²) in [7, 11) is 0. The van der Waals surface area contributed by atoms with Crippen molar-refractivity contribution in [1.29, 1.82) is 0 Å². The van der Waals surface area contributed by atoms with Crippen LogP contribution in [0.15, 0.2) is 0 Å². The Balaban J connectivity index is 3.06. The van der Waals surface area contributed by atoms with E-state index in [0.717, 1.165) is 0 Å². The van der Waals surface area contributed by atoms with Crippen LogP contribution in [0.1, 0.15) is 5.82 Å². The van der Waals surface area contributed by atoms with Crippen molar-refractivity contribution in [3.63, 3.8) is 0 Å². The van der Waals surface area contributed by atoms with Crippen LogP contribution in [0.3, 0.4) is 0 Å². The quantitative estimate of drug-likeness (QED) is 0.506. The molecule has 0 aromatic carbocycles. The Morgan fingerprint density at radius 3 is 2.00 bits per heavy atom. The topological polar surface area (TPSA) is 90.7 Å². The van der Waals surface area contributed by atoms with E-state index in [2.05, 4.69) is 21.9 Å². The molecule has 0 spiro atoms. The van der Waals surface area contributed by atoms with Crippen molar-refractivity contribution in [2.75, 3.05) is 11.5 Å². The number of hydrogen-bond acceptors (Lipinski definition) is 5. The van der Waals surface area contributed by atoms with E-state index >= 15 is 0 Å². The minimum absolute atomic E-state index is 0.145. The van der Waals surface area contributed by atoms with Gasteiger partial charge in [-0.05, 0) is 0 Å². The largest absolute Gasteiger partial charge is 0.368 e. The van der Waals surface area contributed by atoms with Gasteiger partial charge < -0.3 is 11.5 Å². The Kier molecular flexibility index (Phi) is 1.57. The number of nitrogens with zero attached hydrogens (tertiary/aromatic N) is 3. The third kappa shape index (κ3) is 1.25. The lowest BCUT2D eigenvalue weighted by Gasteiger charge is -1.94. The molecule has 0 bridgehead atoms. The lowest BCUT2D eigenvalue weighted by molar-refractivity contribution is 0.954. The second kappa shape index (κ2) is 2.38. The normalized spacial score (nSPS) is 9.60. The monoisotopic (exact) mass is 138 g/mol. The minimum Gasteiger partial charge on any atom is -0.368 e. The summed E-state index contributed by atoms with van der Waals surface area (Å²) in [6.07, 6.45) is 0.469. The molecule has 0 unspecified atom stereocenters. The summed E-state index contributed by atoms with van der Waals surface area (Å²) in [5.41, 5.74) is 10.5. The predicted molar refractivity (Wildman–Crippen MR) is 37.7 cm³/mol. The molecule has 0 fully saturated rings. The predicted octanol–water partition coefficient (Wildman–Crippen LogP) is -0.587. The summed E-state index contributed by atoms with van der Waals surface area (Å²) in [5.74, 6) is 0.808. The molecule has 5 heteroatoms. The fourth-order valence-corrected chi connectivity index (χ4v) is 0.569. The van der Waals surface area contributed by atoms with Gasteiger partial charge in [-0.3, -0.25) is 0 Å². The Labute approximate surface area is 58.5 Å². The van der Waals surface area contributed by atoms with Crippen LogP contribution in [-0.2, 0) is 6.42 Å². The van der Waals surface area contributed by atoms with Gasteiger partial charge in [0.25, 0.3) is 0 Å². The van der Waals surface area contributed by atoms with Crippen molar-refractivity contribution in [1.82, 2.24) is 15.0 Å². The fourth-order valence-electron chi connectivity index (χ4n) is 0.569. The number of rotatable bonds is 1. The number of aromatic nitrogens is 3. The molecule has 0 saturated heterocycles. The van der Waals surface area contributed by atoms with E-state index in [0.29, 0.717) is 12.2 Å². The number of hydrogen-bond donors (Lipinski definition) is 2. The second-order valence-electron chi connectivity index (χ2n) is 1.72. The zero-order valence-corrected chi connectivity index (χ0v) is 5.41. The summed E-state index contributed by atoms with van der Waals surface area (Å²) in [5, 5.41) is 0. The highest BCUT2D eigenvalue weighted by atomic mass is 15.1. The van der Waals surface area contributed by atoms with Gasteiger partial charge in [-0.2, -0.15) is 15.0 Å². The van der Waals surface area contributed by atoms with Crippen LogP contribution in [-0.4, -0.2) is 15.0 Å². The van der Waals surface area contributed by atoms with Crippen molar-refractivity contribution in [2.24, 2.45) is 0 Å². The lowest BCUT2D eigenvalue weighted by atomic mass is 10.5. The molecular formula is C5H8N5+. The van der Waals surface area contributed by atoms with Crippen molar-refractivity contribution >= 4 is 11.9 Å². The first-order valence-electron chi connectivity index (χ1n) is 2.77. The second-order valence-corrected chi connectivity index (χ2v) is 1.72. The first kappa shape index (κ1) is 6.60. The number of nitrogens with two attached hydrogens (primary N) is 2. The smallest absolute Gasteiger partial charge is 0.225 e. The highest BCUT2D eigenvalue weighted by Crippen LogP contribution is 1.97. The molecule has 0 radical (unpaired) electrons. The molecule has 0 amide bonds. The van der Waals surface area contributed by atoms with Gasteiger partial charge >= 0.3 is 0 Å². The molecule has 0 atom stereocenters. The standard InChI is InChI=1S/C5H8N5/c1-2-3-8-4(6)10-5(7)9-3/h1-2H2,(H4,6,7,8,9,10)/q+1. The summed E-state index contributed by atoms with van der Waals surface area (Å²) in [6, 6.07) is 0. The first-order valence-corrected chi connectivity index (χ1v) is 2.77. The van der Waals surface area contributed by atoms with Gasteiger partial charge in [0.05, 0.1) is 6.92 Å². The van der Waals surface area contributed by atoms with Crippen LogP contribution in [0.5, 0.6) is 0 Å². The summed E-state index contributed by atoms with van der Waals surface area (Å²) in [6.45, 7) is 3.57. The highest BCUT2D eigenvalue weighted by molar-refractivity contribution is 5.25. The molecular weight excluding hydrogens is 130 g/mol. The number of nitrogen functional groups attached to an aromatic ring is 2. The van der Waals surface area contributed by atoms with Crippen LogP contribution in [0.2, 0.25) is 0 Å². The molecule has 10 heavy (non-hydrogen) atoms. The zero-order valence-electron chi connectivity index (χ0n) is 5.41. The van der Waals surface area contributed by atoms with Gasteiger partial charge in [-0.15, -0.1) is 0 Å². The molecule has 1 aromatic rings. The van der Waals surface area contributed by atoms with Crippen LogP contribution in [0.25, 0.3) is 0 Å². The SMILES string of the molecule is [CH2+]Cc1nc(N)nc(N)n1. The maximum atomic E-state index is 5.26. The van der Waals surface area contributed by atoms with Crippen molar-refractivity contribution < 1.29 is 0 Å². The van der Waals surface area contributed by atoms with Crippen LogP contribution >= 0.6 is 0 Å². The van der Waals surface area contributed by atoms with Crippen LogP contribution in [0.4, 0.5) is 11.9 Å². The van der Waals surface area contributed by atoms with Gasteiger partial charge in [0.1, 0.15) is 6.42 Å². The molecule has 0 saturated carbocycles. The van der Waals surface area contributed by atoms with E-state index in [4.69, 9.17) is 11.5 Å². The van der Waals surface area contributed by atoms with Crippen LogP contribution in [0, 0.1) is 6.92 Å². The van der Waals surface area contributed by atoms with E-state index in [-0.39, 0.29) is 11.9 Å². The van der Waals surface area contributed by atoms with Gasteiger partial charge in [0.2, 0.25) is 11.9 Å². The third-order valence-corrected chi connectivity index (χ3v) is 0.940. The van der Waals surface area contributed by atoms with E-state index in [1.807, 2.05) is 0 Å². The molecule has 1 rings (SSSR count). The average molecular weight is 138 g/mol. The molecule has 1 aromatic heterocycles. The Bertz CT molecular complexity index is 213. The van der Waals surface area contributed by atoms with Gasteiger partial charge in [0, 0.05) is 0 Å². The Hall–Kier alpha value is -1.52. The fraction of sp³-hybridized carbons (Fsp3) is 0.200. The summed E-state index contributed by atoms with van der Waals surface area (Å²) >= 11 is 0. The van der Waals surface area contributed by atoms with Crippen LogP contribution < -0.4 is 11.5 Å². The number of anilines is 2. The molecule has 4 N–H and O–H groups in total. The van der Waals surface area contributed by atoms with Crippen molar-refractivity contribution in [3.8, 4) is 0 Å². The average Bonchev–Trinajstić information content (AvgIpc) is 1.85. The highest BCUT2D eigenvalue weighted by Gasteiger charge is 2.00. The minimum atomic E-state index is 0.145. The summed E-state index contributed by atoms with van der Waals surface area (Å²) < 4.78 is 0. The maximum Gasteiger partial charge on any atom is 0.225 e. The maximum absolute atomic E-state index is 5.26. The van der Waals surface area contributed by atoms with Gasteiger partial charge in [0.15, 0.2) is 5.82 Å². The molecule has 52 valence electrons. The molecule has 0 aliphatic heterocycles. The third-order valence-electron chi connectivity index (χ3n) is 0.940. The molecule has 0 aliphatic rings. The van der Waals surface area contributed by atoms with Gasteiger partial charge in [-0.1, -0.05) is 0 Å². The van der Waals surface area contributed by atoms with E-state index < -0.39 is 0 Å². The first-order chi connectivity index (χ1) is 4.72. The zero-order chi connectivity index (χ0) is 7.56. The van der Waals surface area contributed by atoms with Crippen molar-refractivity contribution in [2.45, 2.75) is 6.42 Å². The Morgan fingerprint density at radius 1 is 1.10 bits per heavy atom. The van der Waals surface area contributed by atoms with Crippen molar-refractivity contribution in [3.05, 3.63) is 12.7 Å². The van der Waals surface area contributed by atoms with E-state index in [1.165, 1.54) is 0 Å². The van der Waals surface area contributed by atoms with E-state index in [9.17, 15) is 0 Å². The Morgan fingerprint density at radius 2 is 1.60 bits per heavy atom. The van der Waals surface area contributed by atoms with E-state index in [1.54, 1.807) is 0 Å². The van der Waals surface area contributed by atoms with Gasteiger partial charge in [-0.25, -0.2) is 0 Å². The molecule has 0 aliphatic carbocycles. The summed E-state index contributed by atoms with van der Waals surface area (Å²) in [4.78, 5) is 11.1. The molecule has 1 heterocycles.